The lowest BCUT2D eigenvalue weighted by molar-refractivity contribution is -0.150. The van der Waals surface area contributed by atoms with E-state index in [-0.39, 0.29) is 11.9 Å². The molecule has 1 aromatic heterocycles. The Morgan fingerprint density at radius 3 is 2.74 bits per heavy atom. The molecule has 1 fully saturated rings. The van der Waals surface area contributed by atoms with Gasteiger partial charge in [-0.25, -0.2) is 0 Å². The van der Waals surface area contributed by atoms with Crippen molar-refractivity contribution in [3.63, 3.8) is 0 Å². The standard InChI is InChI=1S/C24H27N3O4/c1-2-29-24(28)20-9-6-14-27(15-20)16-22-25-23(26-31-22)19-10-12-21(13-11-19)30-17-18-7-4-3-5-8-18/h3-5,7-8,10-13,20H,2,6,9,14-17H2,1H3/t20-/m1/s1. The quantitative estimate of drug-likeness (QED) is 0.507. The van der Waals surface area contributed by atoms with Gasteiger partial charge in [-0.05, 0) is 56.1 Å². The second-order valence-corrected chi connectivity index (χ2v) is 7.64. The van der Waals surface area contributed by atoms with Gasteiger partial charge in [-0.1, -0.05) is 35.5 Å². The lowest BCUT2D eigenvalue weighted by Gasteiger charge is -2.30. The first kappa shape index (κ1) is 21.1. The number of ether oxygens (including phenoxy) is 2. The average Bonchev–Trinajstić information content (AvgIpc) is 3.27. The first-order valence-electron chi connectivity index (χ1n) is 10.7. The highest BCUT2D eigenvalue weighted by molar-refractivity contribution is 5.72. The molecule has 0 bridgehead atoms. The number of aromatic nitrogens is 2. The third-order valence-electron chi connectivity index (χ3n) is 5.31. The lowest BCUT2D eigenvalue weighted by atomic mass is 9.98. The van der Waals surface area contributed by atoms with Gasteiger partial charge in [0.05, 0.1) is 19.1 Å². The van der Waals surface area contributed by atoms with Crippen LogP contribution in [0.25, 0.3) is 11.4 Å². The first-order valence-corrected chi connectivity index (χ1v) is 10.7. The summed E-state index contributed by atoms with van der Waals surface area (Å²) < 4.78 is 16.4. The van der Waals surface area contributed by atoms with Crippen LogP contribution in [0.5, 0.6) is 5.75 Å². The summed E-state index contributed by atoms with van der Waals surface area (Å²) in [5, 5.41) is 4.11. The van der Waals surface area contributed by atoms with Crippen molar-refractivity contribution in [3.8, 4) is 17.1 Å². The van der Waals surface area contributed by atoms with E-state index in [0.717, 1.165) is 36.3 Å². The summed E-state index contributed by atoms with van der Waals surface area (Å²) in [6.45, 7) is 4.86. The smallest absolute Gasteiger partial charge is 0.310 e. The normalized spacial score (nSPS) is 16.7. The Labute approximate surface area is 182 Å². The number of piperidine rings is 1. The van der Waals surface area contributed by atoms with E-state index in [0.29, 0.717) is 38.0 Å². The van der Waals surface area contributed by atoms with Crippen LogP contribution >= 0.6 is 0 Å². The number of likely N-dealkylation sites (tertiary alicyclic amines) is 1. The van der Waals surface area contributed by atoms with Crippen LogP contribution in [0.3, 0.4) is 0 Å². The van der Waals surface area contributed by atoms with Gasteiger partial charge in [-0.3, -0.25) is 9.69 Å². The van der Waals surface area contributed by atoms with Crippen LogP contribution in [-0.4, -0.2) is 40.7 Å². The van der Waals surface area contributed by atoms with E-state index in [9.17, 15) is 4.79 Å². The second kappa shape index (κ2) is 10.2. The van der Waals surface area contributed by atoms with E-state index in [1.165, 1.54) is 0 Å². The van der Waals surface area contributed by atoms with Crippen molar-refractivity contribution in [3.05, 3.63) is 66.1 Å². The Morgan fingerprint density at radius 2 is 1.97 bits per heavy atom. The molecule has 2 heterocycles. The molecule has 7 nitrogen and oxygen atoms in total. The zero-order valence-corrected chi connectivity index (χ0v) is 17.7. The van der Waals surface area contributed by atoms with E-state index in [2.05, 4.69) is 15.0 Å². The van der Waals surface area contributed by atoms with Crippen molar-refractivity contribution in [2.45, 2.75) is 32.9 Å². The highest BCUT2D eigenvalue weighted by Gasteiger charge is 2.27. The maximum absolute atomic E-state index is 12.0. The third-order valence-corrected chi connectivity index (χ3v) is 5.31. The molecule has 1 aliphatic rings. The van der Waals surface area contributed by atoms with E-state index >= 15 is 0 Å². The second-order valence-electron chi connectivity index (χ2n) is 7.64. The Balaban J connectivity index is 1.32. The van der Waals surface area contributed by atoms with Crippen LogP contribution in [0.15, 0.2) is 59.1 Å². The Morgan fingerprint density at radius 1 is 1.16 bits per heavy atom. The first-order chi connectivity index (χ1) is 15.2. The molecule has 31 heavy (non-hydrogen) atoms. The van der Waals surface area contributed by atoms with E-state index < -0.39 is 0 Å². The Bertz CT molecular complexity index is 972. The van der Waals surface area contributed by atoms with E-state index in [1.54, 1.807) is 0 Å². The summed E-state index contributed by atoms with van der Waals surface area (Å²) in [5.74, 6) is 1.68. The molecule has 3 aromatic rings. The summed E-state index contributed by atoms with van der Waals surface area (Å²) in [5.41, 5.74) is 1.99. The molecule has 0 saturated carbocycles. The van der Waals surface area contributed by atoms with Gasteiger partial charge in [-0.2, -0.15) is 4.98 Å². The fourth-order valence-electron chi connectivity index (χ4n) is 3.72. The lowest BCUT2D eigenvalue weighted by Crippen LogP contribution is -2.39. The fourth-order valence-corrected chi connectivity index (χ4v) is 3.72. The molecule has 1 atom stereocenters. The summed E-state index contributed by atoms with van der Waals surface area (Å²) in [6, 6.07) is 17.7. The SMILES string of the molecule is CCOC(=O)[C@@H]1CCCN(Cc2nc(-c3ccc(OCc4ccccc4)cc3)no2)C1. The van der Waals surface area contributed by atoms with Gasteiger partial charge in [0.2, 0.25) is 11.7 Å². The maximum atomic E-state index is 12.0. The molecule has 4 rings (SSSR count). The minimum Gasteiger partial charge on any atom is -0.489 e. The van der Waals surface area contributed by atoms with Gasteiger partial charge in [0.15, 0.2) is 0 Å². The third kappa shape index (κ3) is 5.70. The van der Waals surface area contributed by atoms with Crippen molar-refractivity contribution in [1.29, 1.82) is 0 Å². The van der Waals surface area contributed by atoms with Crippen molar-refractivity contribution in [2.75, 3.05) is 19.7 Å². The number of nitrogens with zero attached hydrogens (tertiary/aromatic N) is 3. The van der Waals surface area contributed by atoms with Crippen LogP contribution in [0.4, 0.5) is 0 Å². The van der Waals surface area contributed by atoms with Crippen molar-refractivity contribution < 1.29 is 18.8 Å². The summed E-state index contributed by atoms with van der Waals surface area (Å²) in [7, 11) is 0. The summed E-state index contributed by atoms with van der Waals surface area (Å²) >= 11 is 0. The molecule has 1 aliphatic heterocycles. The molecule has 0 N–H and O–H groups in total. The van der Waals surface area contributed by atoms with Gasteiger partial charge in [-0.15, -0.1) is 0 Å². The molecule has 0 aliphatic carbocycles. The number of esters is 1. The number of rotatable bonds is 8. The van der Waals surface area contributed by atoms with Crippen LogP contribution in [0.1, 0.15) is 31.2 Å². The minimum absolute atomic E-state index is 0.0838. The monoisotopic (exact) mass is 421 g/mol. The predicted molar refractivity (Wildman–Crippen MR) is 115 cm³/mol. The molecular formula is C24H27N3O4. The van der Waals surface area contributed by atoms with Crippen molar-refractivity contribution in [2.24, 2.45) is 5.92 Å². The number of carbonyl (C=O) groups excluding carboxylic acids is 1. The predicted octanol–water partition coefficient (Wildman–Crippen LogP) is 4.09. The fraction of sp³-hybridized carbons (Fsp3) is 0.375. The number of hydrogen-bond acceptors (Lipinski definition) is 7. The molecule has 0 amide bonds. The molecule has 162 valence electrons. The number of benzene rings is 2. The van der Waals surface area contributed by atoms with Gasteiger partial charge < -0.3 is 14.0 Å². The number of hydrogen-bond donors (Lipinski definition) is 0. The van der Waals surface area contributed by atoms with Gasteiger partial charge >= 0.3 is 5.97 Å². The maximum Gasteiger partial charge on any atom is 0.310 e. The molecule has 0 radical (unpaired) electrons. The van der Waals surface area contributed by atoms with Gasteiger partial charge in [0.25, 0.3) is 0 Å². The van der Waals surface area contributed by atoms with Crippen molar-refractivity contribution in [1.82, 2.24) is 15.0 Å². The Hall–Kier alpha value is -3.19. The summed E-state index contributed by atoms with van der Waals surface area (Å²) in [6.07, 6.45) is 1.82. The van der Waals surface area contributed by atoms with Crippen LogP contribution in [0, 0.1) is 5.92 Å². The zero-order chi connectivity index (χ0) is 21.5. The van der Waals surface area contributed by atoms with Crippen LogP contribution in [0.2, 0.25) is 0 Å². The van der Waals surface area contributed by atoms with Crippen LogP contribution < -0.4 is 4.74 Å². The van der Waals surface area contributed by atoms with E-state index in [4.69, 9.17) is 14.0 Å². The Kier molecular flexibility index (Phi) is 6.94. The summed E-state index contributed by atoms with van der Waals surface area (Å²) in [4.78, 5) is 18.7. The van der Waals surface area contributed by atoms with Crippen LogP contribution in [-0.2, 0) is 22.7 Å². The van der Waals surface area contributed by atoms with Gasteiger partial charge in [0, 0.05) is 12.1 Å². The zero-order valence-electron chi connectivity index (χ0n) is 17.7. The molecule has 0 unspecified atom stereocenters. The topological polar surface area (TPSA) is 77.7 Å². The largest absolute Gasteiger partial charge is 0.489 e. The highest BCUT2D eigenvalue weighted by atomic mass is 16.5. The minimum atomic E-state index is -0.118. The molecular weight excluding hydrogens is 394 g/mol. The molecule has 2 aromatic carbocycles. The molecule has 1 saturated heterocycles. The highest BCUT2D eigenvalue weighted by Crippen LogP contribution is 2.23. The van der Waals surface area contributed by atoms with E-state index in [1.807, 2.05) is 61.5 Å². The van der Waals surface area contributed by atoms with Gasteiger partial charge in [0.1, 0.15) is 12.4 Å². The average molecular weight is 421 g/mol. The molecule has 7 heteroatoms. The number of carbonyl (C=O) groups is 1. The van der Waals surface area contributed by atoms with Crippen molar-refractivity contribution >= 4 is 5.97 Å². The molecule has 0 spiro atoms.